The molecule has 1 amide bonds. The maximum Gasteiger partial charge on any atom is 0.234 e. The number of rotatable bonds is 8. The second kappa shape index (κ2) is 9.09. The van der Waals surface area contributed by atoms with E-state index in [1.807, 2.05) is 66.2 Å². The molecule has 0 radical (unpaired) electrons. The molecule has 3 rings (SSSR count). The Labute approximate surface area is 162 Å². The minimum atomic E-state index is -0.0768. The molecule has 7 nitrogen and oxygen atoms in total. The molecule has 0 fully saturated rings. The van der Waals surface area contributed by atoms with E-state index in [9.17, 15) is 4.79 Å². The fourth-order valence-corrected chi connectivity index (χ4v) is 3.09. The lowest BCUT2D eigenvalue weighted by molar-refractivity contribution is -0.113. The molecular weight excluding hydrogens is 362 g/mol. The summed E-state index contributed by atoms with van der Waals surface area (Å²) in [5, 5.41) is 15.2. The number of amides is 1. The number of hydrogen-bond acceptors (Lipinski definition) is 6. The summed E-state index contributed by atoms with van der Waals surface area (Å²) in [6.45, 7) is 0.534. The Kier molecular flexibility index (Phi) is 6.32. The molecule has 0 saturated carbocycles. The van der Waals surface area contributed by atoms with Gasteiger partial charge >= 0.3 is 0 Å². The first-order valence-corrected chi connectivity index (χ1v) is 9.38. The Balaban J connectivity index is 1.51. The Hall–Kier alpha value is -3.00. The number of thioether (sulfide) groups is 1. The van der Waals surface area contributed by atoms with Gasteiger partial charge in [-0.3, -0.25) is 4.79 Å². The van der Waals surface area contributed by atoms with E-state index in [1.165, 1.54) is 11.8 Å². The fourth-order valence-electron chi connectivity index (χ4n) is 2.36. The van der Waals surface area contributed by atoms with E-state index in [-0.39, 0.29) is 11.7 Å². The number of ether oxygens (including phenoxy) is 1. The molecule has 1 heterocycles. The van der Waals surface area contributed by atoms with Crippen molar-refractivity contribution in [1.29, 1.82) is 0 Å². The highest BCUT2D eigenvalue weighted by Gasteiger charge is 2.11. The largest absolute Gasteiger partial charge is 0.497 e. The van der Waals surface area contributed by atoms with Crippen LogP contribution in [-0.2, 0) is 18.4 Å². The normalized spacial score (nSPS) is 10.4. The van der Waals surface area contributed by atoms with Crippen LogP contribution in [0.3, 0.4) is 0 Å². The van der Waals surface area contributed by atoms with Crippen molar-refractivity contribution in [2.24, 2.45) is 7.05 Å². The highest BCUT2D eigenvalue weighted by Crippen LogP contribution is 2.18. The topological polar surface area (TPSA) is 81.1 Å². The molecule has 0 unspecified atom stereocenters. The van der Waals surface area contributed by atoms with E-state index in [0.717, 1.165) is 22.9 Å². The Morgan fingerprint density at radius 3 is 2.52 bits per heavy atom. The molecule has 0 spiro atoms. The van der Waals surface area contributed by atoms with E-state index < -0.39 is 0 Å². The number of benzene rings is 2. The summed E-state index contributed by atoms with van der Waals surface area (Å²) in [5.41, 5.74) is 1.75. The van der Waals surface area contributed by atoms with Gasteiger partial charge in [0, 0.05) is 18.4 Å². The van der Waals surface area contributed by atoms with Gasteiger partial charge in [-0.05, 0) is 36.4 Å². The quantitative estimate of drug-likeness (QED) is 0.582. The van der Waals surface area contributed by atoms with Gasteiger partial charge in [-0.25, -0.2) is 0 Å². The van der Waals surface area contributed by atoms with Gasteiger partial charge in [-0.15, -0.1) is 10.2 Å². The SMILES string of the molecule is COc1ccc(NCc2nnc(SCC(=O)Nc3ccccc3)n2C)cc1. The van der Waals surface area contributed by atoms with Gasteiger partial charge in [0.25, 0.3) is 0 Å². The van der Waals surface area contributed by atoms with Crippen molar-refractivity contribution in [3.63, 3.8) is 0 Å². The lowest BCUT2D eigenvalue weighted by atomic mass is 10.3. The summed E-state index contributed by atoms with van der Waals surface area (Å²) in [6.07, 6.45) is 0. The molecule has 0 aliphatic carbocycles. The van der Waals surface area contributed by atoms with E-state index in [2.05, 4.69) is 20.8 Å². The summed E-state index contributed by atoms with van der Waals surface area (Å²) in [6, 6.07) is 17.1. The third-order valence-electron chi connectivity index (χ3n) is 3.86. The van der Waals surface area contributed by atoms with Crippen LogP contribution in [0.4, 0.5) is 11.4 Å². The summed E-state index contributed by atoms with van der Waals surface area (Å²) in [4.78, 5) is 12.1. The minimum absolute atomic E-state index is 0.0768. The molecular formula is C19H21N5O2S. The number of carbonyl (C=O) groups excluding carboxylic acids is 1. The molecule has 2 N–H and O–H groups in total. The number of para-hydroxylation sites is 1. The van der Waals surface area contributed by atoms with Gasteiger partial charge < -0.3 is 19.9 Å². The third kappa shape index (κ3) is 5.24. The fraction of sp³-hybridized carbons (Fsp3) is 0.211. The van der Waals surface area contributed by atoms with Gasteiger partial charge in [0.05, 0.1) is 19.4 Å². The monoisotopic (exact) mass is 383 g/mol. The molecule has 0 saturated heterocycles. The molecule has 2 aromatic carbocycles. The van der Waals surface area contributed by atoms with Gasteiger partial charge in [-0.1, -0.05) is 30.0 Å². The lowest BCUT2D eigenvalue weighted by Gasteiger charge is -2.08. The van der Waals surface area contributed by atoms with Crippen LogP contribution in [0.2, 0.25) is 0 Å². The van der Waals surface area contributed by atoms with Crippen LogP contribution in [0.15, 0.2) is 59.8 Å². The molecule has 27 heavy (non-hydrogen) atoms. The molecule has 3 aromatic rings. The maximum atomic E-state index is 12.1. The maximum absolute atomic E-state index is 12.1. The summed E-state index contributed by atoms with van der Waals surface area (Å²) >= 11 is 1.35. The zero-order valence-electron chi connectivity index (χ0n) is 15.2. The van der Waals surface area contributed by atoms with Crippen LogP contribution < -0.4 is 15.4 Å². The Bertz CT molecular complexity index is 881. The summed E-state index contributed by atoms with van der Waals surface area (Å²) in [7, 11) is 3.53. The van der Waals surface area contributed by atoms with Crippen molar-refractivity contribution >= 4 is 29.0 Å². The molecule has 0 bridgehead atoms. The average Bonchev–Trinajstić information content (AvgIpc) is 3.05. The molecule has 0 aliphatic heterocycles. The van der Waals surface area contributed by atoms with Crippen LogP contribution in [0.25, 0.3) is 0 Å². The van der Waals surface area contributed by atoms with Crippen molar-refractivity contribution < 1.29 is 9.53 Å². The zero-order chi connectivity index (χ0) is 19.1. The zero-order valence-corrected chi connectivity index (χ0v) is 16.0. The number of nitrogens with one attached hydrogen (secondary N) is 2. The van der Waals surface area contributed by atoms with Gasteiger partial charge in [0.2, 0.25) is 5.91 Å². The second-order valence-electron chi connectivity index (χ2n) is 5.74. The van der Waals surface area contributed by atoms with Crippen molar-refractivity contribution in [2.45, 2.75) is 11.7 Å². The first-order chi connectivity index (χ1) is 13.2. The summed E-state index contributed by atoms with van der Waals surface area (Å²) in [5.74, 6) is 1.79. The summed E-state index contributed by atoms with van der Waals surface area (Å²) < 4.78 is 7.03. The van der Waals surface area contributed by atoms with Crippen LogP contribution in [0, 0.1) is 0 Å². The average molecular weight is 383 g/mol. The van der Waals surface area contributed by atoms with Gasteiger partial charge in [0.15, 0.2) is 11.0 Å². The molecule has 140 valence electrons. The van der Waals surface area contributed by atoms with Crippen LogP contribution >= 0.6 is 11.8 Å². The van der Waals surface area contributed by atoms with Crippen molar-refractivity contribution in [2.75, 3.05) is 23.5 Å². The number of methoxy groups -OCH3 is 1. The van der Waals surface area contributed by atoms with Crippen LogP contribution in [0.1, 0.15) is 5.82 Å². The van der Waals surface area contributed by atoms with Gasteiger partial charge in [-0.2, -0.15) is 0 Å². The van der Waals surface area contributed by atoms with E-state index in [4.69, 9.17) is 4.74 Å². The van der Waals surface area contributed by atoms with Crippen molar-refractivity contribution in [3.8, 4) is 5.75 Å². The van der Waals surface area contributed by atoms with Gasteiger partial charge in [0.1, 0.15) is 5.75 Å². The number of carbonyl (C=O) groups is 1. The first-order valence-electron chi connectivity index (χ1n) is 8.39. The number of anilines is 2. The third-order valence-corrected chi connectivity index (χ3v) is 4.88. The van der Waals surface area contributed by atoms with Crippen molar-refractivity contribution in [3.05, 3.63) is 60.4 Å². The van der Waals surface area contributed by atoms with Crippen LogP contribution in [0.5, 0.6) is 5.75 Å². The lowest BCUT2D eigenvalue weighted by Crippen LogP contribution is -2.14. The van der Waals surface area contributed by atoms with Crippen LogP contribution in [-0.4, -0.2) is 33.5 Å². The molecule has 8 heteroatoms. The standard InChI is InChI=1S/C19H21N5O2S/c1-24-17(12-20-14-8-10-16(26-2)11-9-14)22-23-19(24)27-13-18(25)21-15-6-4-3-5-7-15/h3-11,20H,12-13H2,1-2H3,(H,21,25). The molecule has 1 aromatic heterocycles. The minimum Gasteiger partial charge on any atom is -0.497 e. The predicted molar refractivity (Wildman–Crippen MR) is 107 cm³/mol. The Morgan fingerprint density at radius 2 is 1.81 bits per heavy atom. The molecule has 0 aliphatic rings. The highest BCUT2D eigenvalue weighted by molar-refractivity contribution is 7.99. The first kappa shape index (κ1) is 18.8. The number of nitrogens with zero attached hydrogens (tertiary/aromatic N) is 3. The Morgan fingerprint density at radius 1 is 1.07 bits per heavy atom. The number of aromatic nitrogens is 3. The molecule has 0 atom stereocenters. The second-order valence-corrected chi connectivity index (χ2v) is 6.69. The van der Waals surface area contributed by atoms with E-state index >= 15 is 0 Å². The number of hydrogen-bond donors (Lipinski definition) is 2. The smallest absolute Gasteiger partial charge is 0.234 e. The van der Waals surface area contributed by atoms with Crippen molar-refractivity contribution in [1.82, 2.24) is 14.8 Å². The predicted octanol–water partition coefficient (Wildman–Crippen LogP) is 3.17. The van der Waals surface area contributed by atoms with E-state index in [1.54, 1.807) is 7.11 Å². The van der Waals surface area contributed by atoms with E-state index in [0.29, 0.717) is 11.7 Å². The highest BCUT2D eigenvalue weighted by atomic mass is 32.2.